The van der Waals surface area contributed by atoms with E-state index in [0.29, 0.717) is 12.1 Å². The predicted octanol–water partition coefficient (Wildman–Crippen LogP) is 0.705. The molecule has 1 aliphatic heterocycles. The highest BCUT2D eigenvalue weighted by molar-refractivity contribution is 4.72. The molecule has 0 bridgehead atoms. The number of hydrogen-bond acceptors (Lipinski definition) is 3. The van der Waals surface area contributed by atoms with Crippen molar-refractivity contribution in [3.05, 3.63) is 0 Å². The monoisotopic (exact) mass is 186 g/mol. The molecule has 0 saturated carbocycles. The quantitative estimate of drug-likeness (QED) is 0.699. The standard InChI is InChI=1S/C10H22N2O/c1-4-9(2)12(3)8-10-7-11-5-6-13-10/h9-11H,4-8H2,1-3H3. The minimum atomic E-state index is 0.382. The van der Waals surface area contributed by atoms with Gasteiger partial charge >= 0.3 is 0 Å². The van der Waals surface area contributed by atoms with E-state index in [0.717, 1.165) is 26.2 Å². The zero-order valence-corrected chi connectivity index (χ0v) is 9.05. The topological polar surface area (TPSA) is 24.5 Å². The molecule has 1 N–H and O–H groups in total. The molecule has 1 heterocycles. The molecule has 0 aromatic carbocycles. The van der Waals surface area contributed by atoms with Crippen LogP contribution in [0.25, 0.3) is 0 Å². The molecule has 78 valence electrons. The molecule has 0 amide bonds. The zero-order valence-electron chi connectivity index (χ0n) is 9.05. The van der Waals surface area contributed by atoms with E-state index in [2.05, 4.69) is 31.1 Å². The Hall–Kier alpha value is -0.120. The maximum Gasteiger partial charge on any atom is 0.0826 e. The Kier molecular flexibility index (Phi) is 4.70. The molecular weight excluding hydrogens is 164 g/mol. The Morgan fingerprint density at radius 2 is 2.38 bits per heavy atom. The van der Waals surface area contributed by atoms with Crippen LogP contribution in [0.2, 0.25) is 0 Å². The van der Waals surface area contributed by atoms with Gasteiger partial charge in [-0.05, 0) is 20.4 Å². The lowest BCUT2D eigenvalue weighted by atomic mass is 10.2. The number of rotatable bonds is 4. The van der Waals surface area contributed by atoms with E-state index in [1.165, 1.54) is 6.42 Å². The molecule has 0 aliphatic carbocycles. The molecule has 1 rings (SSSR count). The van der Waals surface area contributed by atoms with Gasteiger partial charge in [-0.1, -0.05) is 6.92 Å². The SMILES string of the molecule is CCC(C)N(C)CC1CNCCO1. The van der Waals surface area contributed by atoms with Crippen LogP contribution in [-0.2, 0) is 4.74 Å². The van der Waals surface area contributed by atoms with Crippen LogP contribution in [-0.4, -0.2) is 50.3 Å². The zero-order chi connectivity index (χ0) is 9.68. The summed E-state index contributed by atoms with van der Waals surface area (Å²) in [5.74, 6) is 0. The van der Waals surface area contributed by atoms with E-state index in [9.17, 15) is 0 Å². The number of nitrogens with zero attached hydrogens (tertiary/aromatic N) is 1. The van der Waals surface area contributed by atoms with Gasteiger partial charge in [-0.2, -0.15) is 0 Å². The lowest BCUT2D eigenvalue weighted by Gasteiger charge is -2.30. The molecule has 0 radical (unpaired) electrons. The first-order chi connectivity index (χ1) is 6.24. The van der Waals surface area contributed by atoms with E-state index in [1.54, 1.807) is 0 Å². The number of nitrogens with one attached hydrogen (secondary N) is 1. The number of ether oxygens (including phenoxy) is 1. The Labute approximate surface area is 81.4 Å². The molecule has 1 aliphatic rings. The molecule has 1 saturated heterocycles. The third-order valence-corrected chi connectivity index (χ3v) is 2.84. The highest BCUT2D eigenvalue weighted by Gasteiger charge is 2.17. The van der Waals surface area contributed by atoms with E-state index in [4.69, 9.17) is 4.74 Å². The Morgan fingerprint density at radius 3 is 2.92 bits per heavy atom. The molecule has 13 heavy (non-hydrogen) atoms. The minimum Gasteiger partial charge on any atom is -0.374 e. The smallest absolute Gasteiger partial charge is 0.0826 e. The number of morpholine rings is 1. The lowest BCUT2D eigenvalue weighted by Crippen LogP contribution is -2.46. The van der Waals surface area contributed by atoms with Crippen LogP contribution >= 0.6 is 0 Å². The van der Waals surface area contributed by atoms with Crippen LogP contribution in [0.5, 0.6) is 0 Å². The summed E-state index contributed by atoms with van der Waals surface area (Å²) in [7, 11) is 2.17. The maximum atomic E-state index is 5.64. The molecule has 1 fully saturated rings. The fourth-order valence-corrected chi connectivity index (χ4v) is 1.55. The van der Waals surface area contributed by atoms with Crippen LogP contribution < -0.4 is 5.32 Å². The molecule has 2 unspecified atom stereocenters. The molecule has 3 heteroatoms. The number of hydrogen-bond donors (Lipinski definition) is 1. The van der Waals surface area contributed by atoms with Crippen molar-refractivity contribution in [2.24, 2.45) is 0 Å². The van der Waals surface area contributed by atoms with Gasteiger partial charge in [0.05, 0.1) is 12.7 Å². The van der Waals surface area contributed by atoms with Gasteiger partial charge in [0.25, 0.3) is 0 Å². The predicted molar refractivity (Wildman–Crippen MR) is 55.0 cm³/mol. The van der Waals surface area contributed by atoms with Gasteiger partial charge in [0.15, 0.2) is 0 Å². The van der Waals surface area contributed by atoms with Gasteiger partial charge in [0, 0.05) is 25.7 Å². The van der Waals surface area contributed by atoms with Gasteiger partial charge in [0.2, 0.25) is 0 Å². The fraction of sp³-hybridized carbons (Fsp3) is 1.00. The summed E-state index contributed by atoms with van der Waals surface area (Å²) in [5, 5.41) is 3.35. The van der Waals surface area contributed by atoms with E-state index < -0.39 is 0 Å². The highest BCUT2D eigenvalue weighted by atomic mass is 16.5. The van der Waals surface area contributed by atoms with Gasteiger partial charge in [-0.15, -0.1) is 0 Å². The van der Waals surface area contributed by atoms with Crippen LogP contribution in [0.3, 0.4) is 0 Å². The fourth-order valence-electron chi connectivity index (χ4n) is 1.55. The molecule has 0 aromatic rings. The minimum absolute atomic E-state index is 0.382. The Bertz CT molecular complexity index is 135. The van der Waals surface area contributed by atoms with Crippen molar-refractivity contribution in [2.75, 3.05) is 33.3 Å². The maximum absolute atomic E-state index is 5.64. The van der Waals surface area contributed by atoms with Crippen LogP contribution in [0, 0.1) is 0 Å². The normalized spacial score (nSPS) is 26.3. The second kappa shape index (κ2) is 5.58. The van der Waals surface area contributed by atoms with Gasteiger partial charge in [-0.25, -0.2) is 0 Å². The molecular formula is C10H22N2O. The first kappa shape index (κ1) is 11.0. The Balaban J connectivity index is 2.21. The first-order valence-corrected chi connectivity index (χ1v) is 5.26. The summed E-state index contributed by atoms with van der Waals surface area (Å²) in [6, 6.07) is 0.658. The summed E-state index contributed by atoms with van der Waals surface area (Å²) in [4.78, 5) is 2.37. The van der Waals surface area contributed by atoms with Crippen LogP contribution in [0.15, 0.2) is 0 Å². The lowest BCUT2D eigenvalue weighted by molar-refractivity contribution is 0.00388. The third-order valence-electron chi connectivity index (χ3n) is 2.84. The number of likely N-dealkylation sites (N-methyl/N-ethyl adjacent to an activating group) is 1. The van der Waals surface area contributed by atoms with Gasteiger partial charge in [0.1, 0.15) is 0 Å². The average Bonchev–Trinajstić information content (AvgIpc) is 2.18. The van der Waals surface area contributed by atoms with Crippen molar-refractivity contribution in [1.82, 2.24) is 10.2 Å². The van der Waals surface area contributed by atoms with Crippen molar-refractivity contribution in [3.63, 3.8) is 0 Å². The second-order valence-corrected chi connectivity index (χ2v) is 3.89. The van der Waals surface area contributed by atoms with Crippen molar-refractivity contribution in [1.29, 1.82) is 0 Å². The molecule has 0 spiro atoms. The summed E-state index contributed by atoms with van der Waals surface area (Å²) < 4.78 is 5.64. The Morgan fingerprint density at radius 1 is 1.62 bits per heavy atom. The van der Waals surface area contributed by atoms with Gasteiger partial charge in [-0.3, -0.25) is 0 Å². The van der Waals surface area contributed by atoms with Crippen LogP contribution in [0.4, 0.5) is 0 Å². The van der Waals surface area contributed by atoms with E-state index >= 15 is 0 Å². The van der Waals surface area contributed by atoms with Crippen molar-refractivity contribution in [3.8, 4) is 0 Å². The van der Waals surface area contributed by atoms with Gasteiger partial charge < -0.3 is 15.0 Å². The van der Waals surface area contributed by atoms with E-state index in [1.807, 2.05) is 0 Å². The first-order valence-electron chi connectivity index (χ1n) is 5.26. The summed E-state index contributed by atoms with van der Waals surface area (Å²) in [5.41, 5.74) is 0. The van der Waals surface area contributed by atoms with Crippen molar-refractivity contribution < 1.29 is 4.74 Å². The van der Waals surface area contributed by atoms with E-state index in [-0.39, 0.29) is 0 Å². The third kappa shape index (κ3) is 3.63. The average molecular weight is 186 g/mol. The summed E-state index contributed by atoms with van der Waals surface area (Å²) in [6.45, 7) is 8.39. The summed E-state index contributed by atoms with van der Waals surface area (Å²) in [6.07, 6.45) is 1.59. The van der Waals surface area contributed by atoms with Crippen molar-refractivity contribution in [2.45, 2.75) is 32.4 Å². The van der Waals surface area contributed by atoms with Crippen LogP contribution in [0.1, 0.15) is 20.3 Å². The summed E-state index contributed by atoms with van der Waals surface area (Å²) >= 11 is 0. The largest absolute Gasteiger partial charge is 0.374 e. The second-order valence-electron chi connectivity index (χ2n) is 3.89. The van der Waals surface area contributed by atoms with Crippen molar-refractivity contribution >= 4 is 0 Å². The molecule has 2 atom stereocenters. The molecule has 3 nitrogen and oxygen atoms in total. The molecule has 0 aromatic heterocycles. The highest BCUT2D eigenvalue weighted by Crippen LogP contribution is 2.04.